The summed E-state index contributed by atoms with van der Waals surface area (Å²) in [6.07, 6.45) is 1.74. The molecule has 0 spiro atoms. The number of carbonyl (C=O) groups excluding carboxylic acids is 1. The number of hydroxylamine groups is 1. The average molecular weight is 215 g/mol. The molecule has 0 aromatic rings. The van der Waals surface area contributed by atoms with E-state index in [1.165, 1.54) is 0 Å². The first-order valence-electron chi connectivity index (χ1n) is 5.68. The smallest absolute Gasteiger partial charge is 0.249 e. The van der Waals surface area contributed by atoms with Gasteiger partial charge in [-0.2, -0.15) is 0 Å². The van der Waals surface area contributed by atoms with E-state index < -0.39 is 0 Å². The summed E-state index contributed by atoms with van der Waals surface area (Å²) in [5.74, 6) is 0.342. The first kappa shape index (κ1) is 12.5. The maximum absolute atomic E-state index is 11.7. The monoisotopic (exact) mass is 215 g/mol. The van der Waals surface area contributed by atoms with E-state index in [0.29, 0.717) is 19.1 Å². The summed E-state index contributed by atoms with van der Waals surface area (Å²) >= 11 is 0. The lowest BCUT2D eigenvalue weighted by Gasteiger charge is -2.16. The van der Waals surface area contributed by atoms with Crippen LogP contribution in [0.3, 0.4) is 0 Å². The van der Waals surface area contributed by atoms with E-state index in [9.17, 15) is 4.79 Å². The third kappa shape index (κ3) is 3.80. The van der Waals surface area contributed by atoms with Crippen molar-refractivity contribution in [2.24, 2.45) is 11.8 Å². The van der Waals surface area contributed by atoms with Crippen LogP contribution < -0.4 is 5.48 Å². The van der Waals surface area contributed by atoms with Gasteiger partial charge >= 0.3 is 0 Å². The minimum atomic E-state index is -0.0417. The van der Waals surface area contributed by atoms with Crippen molar-refractivity contribution < 1.29 is 14.4 Å². The maximum atomic E-state index is 11.7. The van der Waals surface area contributed by atoms with Crippen LogP contribution in [-0.4, -0.2) is 25.2 Å². The van der Waals surface area contributed by atoms with Gasteiger partial charge in [-0.25, -0.2) is 5.48 Å². The number of hydrogen-bond donors (Lipinski definition) is 1. The first-order chi connectivity index (χ1) is 7.15. The predicted molar refractivity (Wildman–Crippen MR) is 57.1 cm³/mol. The van der Waals surface area contributed by atoms with Gasteiger partial charge in [-0.1, -0.05) is 20.8 Å². The van der Waals surface area contributed by atoms with E-state index in [2.05, 4.69) is 5.48 Å². The Morgan fingerprint density at radius 3 is 2.93 bits per heavy atom. The first-order valence-corrected chi connectivity index (χ1v) is 5.68. The number of nitrogens with one attached hydrogen (secondary N) is 1. The third-order valence-corrected chi connectivity index (χ3v) is 2.54. The molecule has 1 heterocycles. The van der Waals surface area contributed by atoms with E-state index >= 15 is 0 Å². The molecule has 1 amide bonds. The highest BCUT2D eigenvalue weighted by molar-refractivity contribution is 5.78. The fourth-order valence-electron chi connectivity index (χ4n) is 1.71. The van der Waals surface area contributed by atoms with Crippen LogP contribution in [0.15, 0.2) is 0 Å². The molecule has 1 rings (SSSR count). The maximum Gasteiger partial charge on any atom is 0.249 e. The lowest BCUT2D eigenvalue weighted by Crippen LogP contribution is -2.35. The molecule has 1 aliphatic rings. The second kappa shape index (κ2) is 6.08. The van der Waals surface area contributed by atoms with Gasteiger partial charge in [-0.05, 0) is 18.8 Å². The molecule has 15 heavy (non-hydrogen) atoms. The topological polar surface area (TPSA) is 47.6 Å². The Morgan fingerprint density at radius 2 is 2.33 bits per heavy atom. The summed E-state index contributed by atoms with van der Waals surface area (Å²) < 4.78 is 5.45. The van der Waals surface area contributed by atoms with Gasteiger partial charge in [0, 0.05) is 6.61 Å². The van der Waals surface area contributed by atoms with Crippen LogP contribution in [0, 0.1) is 11.8 Å². The minimum Gasteiger partial charge on any atom is -0.377 e. The van der Waals surface area contributed by atoms with Crippen molar-refractivity contribution >= 4 is 5.91 Å². The van der Waals surface area contributed by atoms with Crippen molar-refractivity contribution in [3.63, 3.8) is 0 Å². The Morgan fingerprint density at radius 1 is 1.60 bits per heavy atom. The van der Waals surface area contributed by atoms with Gasteiger partial charge in [0.25, 0.3) is 0 Å². The zero-order valence-electron chi connectivity index (χ0n) is 9.79. The normalized spacial score (nSPS) is 25.9. The average Bonchev–Trinajstić information content (AvgIpc) is 2.64. The summed E-state index contributed by atoms with van der Waals surface area (Å²) in [6.45, 7) is 7.35. The molecule has 4 nitrogen and oxygen atoms in total. The van der Waals surface area contributed by atoms with Crippen molar-refractivity contribution in [1.29, 1.82) is 0 Å². The van der Waals surface area contributed by atoms with Crippen LogP contribution in [0.5, 0.6) is 0 Å². The Hall–Kier alpha value is -0.610. The molecule has 1 fully saturated rings. The van der Waals surface area contributed by atoms with Crippen LogP contribution in [0.4, 0.5) is 0 Å². The summed E-state index contributed by atoms with van der Waals surface area (Å²) in [5, 5.41) is 0. The molecule has 0 saturated carbocycles. The largest absolute Gasteiger partial charge is 0.377 e. The molecule has 0 aromatic heterocycles. The van der Waals surface area contributed by atoms with Crippen LogP contribution >= 0.6 is 0 Å². The van der Waals surface area contributed by atoms with Crippen molar-refractivity contribution in [3.05, 3.63) is 0 Å². The fourth-order valence-corrected chi connectivity index (χ4v) is 1.71. The number of rotatable bonds is 5. The minimum absolute atomic E-state index is 0.0397. The van der Waals surface area contributed by atoms with Gasteiger partial charge in [0.2, 0.25) is 5.91 Å². The van der Waals surface area contributed by atoms with Gasteiger partial charge in [0.05, 0.1) is 18.6 Å². The Kier molecular flexibility index (Phi) is 5.05. The SMILES string of the molecule is CCC1OCCC1C(=O)NOCC(C)C. The number of hydrogen-bond acceptors (Lipinski definition) is 3. The van der Waals surface area contributed by atoms with Crippen molar-refractivity contribution in [1.82, 2.24) is 5.48 Å². The molecule has 1 N–H and O–H groups in total. The van der Waals surface area contributed by atoms with Crippen molar-refractivity contribution in [2.45, 2.75) is 39.7 Å². The molecule has 1 saturated heterocycles. The fraction of sp³-hybridized carbons (Fsp3) is 0.909. The van der Waals surface area contributed by atoms with E-state index in [0.717, 1.165) is 12.8 Å². The summed E-state index contributed by atoms with van der Waals surface area (Å²) in [6, 6.07) is 0. The summed E-state index contributed by atoms with van der Waals surface area (Å²) in [4.78, 5) is 16.8. The molecule has 0 aliphatic carbocycles. The highest BCUT2D eigenvalue weighted by Gasteiger charge is 2.32. The second-order valence-electron chi connectivity index (χ2n) is 4.38. The van der Waals surface area contributed by atoms with Gasteiger partial charge in [0.15, 0.2) is 0 Å². The quantitative estimate of drug-likeness (QED) is 0.707. The van der Waals surface area contributed by atoms with Gasteiger partial charge < -0.3 is 4.74 Å². The Balaban J connectivity index is 2.27. The van der Waals surface area contributed by atoms with Crippen LogP contribution in [0.25, 0.3) is 0 Å². The van der Waals surface area contributed by atoms with Crippen molar-refractivity contribution in [2.75, 3.05) is 13.2 Å². The van der Waals surface area contributed by atoms with Gasteiger partial charge in [-0.3, -0.25) is 9.63 Å². The van der Waals surface area contributed by atoms with E-state index in [1.54, 1.807) is 0 Å². The highest BCUT2D eigenvalue weighted by atomic mass is 16.7. The van der Waals surface area contributed by atoms with Gasteiger partial charge in [-0.15, -0.1) is 0 Å². The van der Waals surface area contributed by atoms with E-state index in [-0.39, 0.29) is 17.9 Å². The molecule has 1 aliphatic heterocycles. The molecule has 2 atom stereocenters. The Labute approximate surface area is 91.3 Å². The standard InChI is InChI=1S/C11H21NO3/c1-4-10-9(5-6-14-10)11(13)12-15-7-8(2)3/h8-10H,4-7H2,1-3H3,(H,12,13). The predicted octanol–water partition coefficient (Wildman–Crippen LogP) is 1.51. The Bertz CT molecular complexity index is 206. The molecule has 0 aromatic carbocycles. The molecule has 0 bridgehead atoms. The van der Waals surface area contributed by atoms with Crippen molar-refractivity contribution in [3.8, 4) is 0 Å². The van der Waals surface area contributed by atoms with E-state index in [4.69, 9.17) is 9.57 Å². The summed E-state index contributed by atoms with van der Waals surface area (Å²) in [5.41, 5.74) is 2.50. The lowest BCUT2D eigenvalue weighted by molar-refractivity contribution is -0.140. The van der Waals surface area contributed by atoms with Crippen LogP contribution in [-0.2, 0) is 14.4 Å². The number of ether oxygens (including phenoxy) is 1. The summed E-state index contributed by atoms with van der Waals surface area (Å²) in [7, 11) is 0. The van der Waals surface area contributed by atoms with E-state index in [1.807, 2.05) is 20.8 Å². The molecule has 0 radical (unpaired) electrons. The van der Waals surface area contributed by atoms with Gasteiger partial charge in [0.1, 0.15) is 0 Å². The highest BCUT2D eigenvalue weighted by Crippen LogP contribution is 2.23. The zero-order valence-corrected chi connectivity index (χ0v) is 9.79. The molecule has 2 unspecified atom stereocenters. The third-order valence-electron chi connectivity index (χ3n) is 2.54. The second-order valence-corrected chi connectivity index (χ2v) is 4.38. The zero-order chi connectivity index (χ0) is 11.3. The lowest BCUT2D eigenvalue weighted by atomic mass is 9.99. The van der Waals surface area contributed by atoms with Crippen LogP contribution in [0.1, 0.15) is 33.6 Å². The molecule has 4 heteroatoms. The number of amides is 1. The molecular formula is C11H21NO3. The molecule has 88 valence electrons. The number of carbonyl (C=O) groups is 1. The van der Waals surface area contributed by atoms with Crippen LogP contribution in [0.2, 0.25) is 0 Å². The molecular weight excluding hydrogens is 194 g/mol.